The fourth-order valence-electron chi connectivity index (χ4n) is 1.95. The number of aryl methyl sites for hydroxylation is 1. The first kappa shape index (κ1) is 18.4. The lowest BCUT2D eigenvalue weighted by molar-refractivity contribution is 0.0737. The van der Waals surface area contributed by atoms with E-state index >= 15 is 0 Å². The zero-order valence-corrected chi connectivity index (χ0v) is 14.9. The second kappa shape index (κ2) is 7.58. The third-order valence-electron chi connectivity index (χ3n) is 3.38. The lowest BCUT2D eigenvalue weighted by atomic mass is 10.1. The Bertz CT molecular complexity index is 585. The number of benzene rings is 1. The van der Waals surface area contributed by atoms with Crippen molar-refractivity contribution in [3.63, 3.8) is 0 Å². The Morgan fingerprint density at radius 3 is 2.43 bits per heavy atom. The Hall–Kier alpha value is -0.620. The highest BCUT2D eigenvalue weighted by atomic mass is 35.5. The van der Waals surface area contributed by atoms with Gasteiger partial charge in [0.25, 0.3) is 0 Å². The molecule has 0 atom stereocenters. The molecule has 0 aromatic heterocycles. The summed E-state index contributed by atoms with van der Waals surface area (Å²) in [6.07, 6.45) is 0.0876. The molecule has 0 radical (unpaired) electrons. The molecule has 0 aliphatic carbocycles. The molecule has 1 aromatic rings. The van der Waals surface area contributed by atoms with E-state index in [9.17, 15) is 8.42 Å². The van der Waals surface area contributed by atoms with Crippen molar-refractivity contribution in [2.45, 2.75) is 44.6 Å². The van der Waals surface area contributed by atoms with Crippen LogP contribution in [-0.4, -0.2) is 39.0 Å². The topological polar surface area (TPSA) is 46.6 Å². The Morgan fingerprint density at radius 1 is 1.29 bits per heavy atom. The van der Waals surface area contributed by atoms with E-state index < -0.39 is 10.0 Å². The first-order valence-electron chi connectivity index (χ1n) is 6.94. The van der Waals surface area contributed by atoms with Crippen molar-refractivity contribution in [1.29, 1.82) is 0 Å². The summed E-state index contributed by atoms with van der Waals surface area (Å²) in [5.41, 5.74) is 2.50. The van der Waals surface area contributed by atoms with Crippen molar-refractivity contribution < 1.29 is 13.2 Å². The van der Waals surface area contributed by atoms with Crippen molar-refractivity contribution in [2.24, 2.45) is 0 Å². The normalized spacial score (nSPS) is 12.4. The van der Waals surface area contributed by atoms with E-state index in [1.165, 1.54) is 4.31 Å². The third-order valence-corrected chi connectivity index (χ3v) is 5.67. The number of sulfonamides is 1. The molecular weight excluding hydrogens is 310 g/mol. The minimum absolute atomic E-state index is 0.0876. The molecule has 0 bridgehead atoms. The van der Waals surface area contributed by atoms with Gasteiger partial charge in [-0.2, -0.15) is 4.31 Å². The summed E-state index contributed by atoms with van der Waals surface area (Å²) in [4.78, 5) is 0.324. The number of nitrogens with zero attached hydrogens (tertiary/aromatic N) is 1. The molecule has 0 aliphatic heterocycles. The Labute approximate surface area is 133 Å². The van der Waals surface area contributed by atoms with Gasteiger partial charge in [0.05, 0.1) is 17.6 Å². The molecule has 1 rings (SSSR count). The van der Waals surface area contributed by atoms with E-state index in [1.54, 1.807) is 13.1 Å². The highest BCUT2D eigenvalue weighted by molar-refractivity contribution is 7.89. The molecule has 0 aliphatic rings. The van der Waals surface area contributed by atoms with Crippen molar-refractivity contribution >= 4 is 21.6 Å². The Morgan fingerprint density at radius 2 is 1.90 bits per heavy atom. The van der Waals surface area contributed by atoms with Gasteiger partial charge in [-0.15, -0.1) is 11.6 Å². The molecule has 4 nitrogen and oxygen atoms in total. The van der Waals surface area contributed by atoms with Crippen LogP contribution in [-0.2, 0) is 20.6 Å². The number of ether oxygens (including phenoxy) is 1. The molecule has 0 heterocycles. The SMILES string of the molecule is Cc1cc(CCl)cc(S(=O)(=O)N(C)CCOC(C)C)c1C. The van der Waals surface area contributed by atoms with Gasteiger partial charge in [-0.25, -0.2) is 8.42 Å². The summed E-state index contributed by atoms with van der Waals surface area (Å²) >= 11 is 5.84. The zero-order valence-electron chi connectivity index (χ0n) is 13.3. The number of alkyl halides is 1. The van der Waals surface area contributed by atoms with Crippen molar-refractivity contribution in [1.82, 2.24) is 4.31 Å². The maximum Gasteiger partial charge on any atom is 0.243 e. The molecule has 0 saturated carbocycles. The third kappa shape index (κ3) is 4.68. The Kier molecular flexibility index (Phi) is 6.66. The van der Waals surface area contributed by atoms with Crippen molar-refractivity contribution in [3.8, 4) is 0 Å². The minimum Gasteiger partial charge on any atom is -0.377 e. The molecule has 0 N–H and O–H groups in total. The van der Waals surface area contributed by atoms with Crippen LogP contribution in [0.4, 0.5) is 0 Å². The summed E-state index contributed by atoms with van der Waals surface area (Å²) < 4.78 is 32.1. The molecule has 0 fully saturated rings. The Balaban J connectivity index is 3.04. The van der Waals surface area contributed by atoms with Gasteiger partial charge in [-0.05, 0) is 50.5 Å². The summed E-state index contributed by atoms with van der Waals surface area (Å²) in [7, 11) is -1.96. The van der Waals surface area contributed by atoms with E-state index in [0.717, 1.165) is 16.7 Å². The molecule has 0 spiro atoms. The van der Waals surface area contributed by atoms with E-state index in [4.69, 9.17) is 16.3 Å². The largest absolute Gasteiger partial charge is 0.377 e. The van der Waals surface area contributed by atoms with Crippen LogP contribution in [0.2, 0.25) is 0 Å². The number of hydrogen-bond donors (Lipinski definition) is 0. The van der Waals surface area contributed by atoms with Gasteiger partial charge >= 0.3 is 0 Å². The van der Waals surface area contributed by atoms with Gasteiger partial charge in [0.2, 0.25) is 10.0 Å². The molecule has 6 heteroatoms. The predicted octanol–water partition coefficient (Wildman–Crippen LogP) is 3.09. The lowest BCUT2D eigenvalue weighted by Crippen LogP contribution is -2.31. The molecule has 0 unspecified atom stereocenters. The molecular formula is C15H24ClNO3S. The highest BCUT2D eigenvalue weighted by Gasteiger charge is 2.24. The fraction of sp³-hybridized carbons (Fsp3) is 0.600. The molecule has 0 amide bonds. The number of halogens is 1. The van der Waals surface area contributed by atoms with Crippen molar-refractivity contribution in [3.05, 3.63) is 28.8 Å². The number of hydrogen-bond acceptors (Lipinski definition) is 3. The van der Waals surface area contributed by atoms with E-state index in [-0.39, 0.29) is 6.10 Å². The second-order valence-electron chi connectivity index (χ2n) is 5.42. The van der Waals surface area contributed by atoms with Gasteiger partial charge in [-0.1, -0.05) is 6.07 Å². The van der Waals surface area contributed by atoms with Crippen LogP contribution in [0.25, 0.3) is 0 Å². The van der Waals surface area contributed by atoms with Crippen LogP contribution in [0, 0.1) is 13.8 Å². The van der Waals surface area contributed by atoms with Crippen LogP contribution in [0.15, 0.2) is 17.0 Å². The summed E-state index contributed by atoms with van der Waals surface area (Å²) in [6, 6.07) is 3.58. The molecule has 0 saturated heterocycles. The average molecular weight is 334 g/mol. The first-order valence-corrected chi connectivity index (χ1v) is 8.91. The number of likely N-dealkylation sites (N-methyl/N-ethyl adjacent to an activating group) is 1. The molecule has 1 aromatic carbocycles. The van der Waals surface area contributed by atoms with Gasteiger partial charge in [-0.3, -0.25) is 0 Å². The fourth-order valence-corrected chi connectivity index (χ4v) is 3.60. The maximum atomic E-state index is 12.7. The maximum absolute atomic E-state index is 12.7. The second-order valence-corrected chi connectivity index (χ2v) is 7.70. The van der Waals surface area contributed by atoms with E-state index in [1.807, 2.05) is 33.8 Å². The predicted molar refractivity (Wildman–Crippen MR) is 86.4 cm³/mol. The van der Waals surface area contributed by atoms with Gasteiger partial charge in [0.15, 0.2) is 0 Å². The highest BCUT2D eigenvalue weighted by Crippen LogP contribution is 2.24. The quantitative estimate of drug-likeness (QED) is 0.720. The van der Waals surface area contributed by atoms with E-state index in [2.05, 4.69) is 0 Å². The summed E-state index contributed by atoms with van der Waals surface area (Å²) in [5, 5.41) is 0. The summed E-state index contributed by atoms with van der Waals surface area (Å²) in [6.45, 7) is 8.26. The van der Waals surface area contributed by atoms with Gasteiger partial charge < -0.3 is 4.74 Å². The lowest BCUT2D eigenvalue weighted by Gasteiger charge is -2.20. The van der Waals surface area contributed by atoms with Crippen LogP contribution >= 0.6 is 11.6 Å². The summed E-state index contributed by atoms with van der Waals surface area (Å²) in [5.74, 6) is 0.295. The minimum atomic E-state index is -3.53. The zero-order chi connectivity index (χ0) is 16.2. The van der Waals surface area contributed by atoms with Crippen molar-refractivity contribution in [2.75, 3.05) is 20.2 Å². The van der Waals surface area contributed by atoms with Crippen LogP contribution in [0.3, 0.4) is 0 Å². The van der Waals surface area contributed by atoms with E-state index in [0.29, 0.717) is 23.9 Å². The standard InChI is InChI=1S/C15H24ClNO3S/c1-11(2)20-7-6-17(5)21(18,19)15-9-14(10-16)8-12(3)13(15)4/h8-9,11H,6-7,10H2,1-5H3. The first-order chi connectivity index (χ1) is 9.70. The van der Waals surface area contributed by atoms with Gasteiger partial charge in [0.1, 0.15) is 0 Å². The van der Waals surface area contributed by atoms with Gasteiger partial charge in [0, 0.05) is 19.5 Å². The monoisotopic (exact) mass is 333 g/mol. The molecule has 120 valence electrons. The smallest absolute Gasteiger partial charge is 0.243 e. The average Bonchev–Trinajstić information content (AvgIpc) is 2.40. The molecule has 21 heavy (non-hydrogen) atoms. The van der Waals surface area contributed by atoms with Crippen LogP contribution in [0.1, 0.15) is 30.5 Å². The number of rotatable bonds is 7. The van der Waals surface area contributed by atoms with Crippen LogP contribution in [0.5, 0.6) is 0 Å². The van der Waals surface area contributed by atoms with Crippen LogP contribution < -0.4 is 0 Å².